The van der Waals surface area contributed by atoms with Crippen LogP contribution in [0.15, 0.2) is 71.1 Å². The van der Waals surface area contributed by atoms with Crippen molar-refractivity contribution in [2.24, 2.45) is 5.92 Å². The van der Waals surface area contributed by atoms with Gasteiger partial charge in [-0.2, -0.15) is 0 Å². The Hall–Kier alpha value is -3.94. The zero-order valence-electron chi connectivity index (χ0n) is 23.9. The summed E-state index contributed by atoms with van der Waals surface area (Å²) < 4.78 is 18.5. The summed E-state index contributed by atoms with van der Waals surface area (Å²) in [4.78, 5) is 36.3. The second-order valence-corrected chi connectivity index (χ2v) is 13.0. The lowest BCUT2D eigenvalue weighted by Gasteiger charge is -2.41. The van der Waals surface area contributed by atoms with Gasteiger partial charge in [-0.05, 0) is 41.8 Å². The number of ether oxygens (including phenoxy) is 3. The molecule has 2 aliphatic heterocycles. The van der Waals surface area contributed by atoms with Crippen molar-refractivity contribution in [3.63, 3.8) is 0 Å². The van der Waals surface area contributed by atoms with Gasteiger partial charge in [0.05, 0.1) is 29.9 Å². The van der Waals surface area contributed by atoms with Gasteiger partial charge in [-0.1, -0.05) is 78.6 Å². The zero-order chi connectivity index (χ0) is 30.8. The first-order valence-corrected chi connectivity index (χ1v) is 15.8. The molecular formula is C32H29N3O7S2. The molecule has 3 heterocycles. The molecule has 0 bridgehead atoms. The number of fused-ring (bicyclic) bond motifs is 1. The zero-order valence-corrected chi connectivity index (χ0v) is 25.5. The topological polar surface area (TPSA) is 137 Å². The van der Waals surface area contributed by atoms with E-state index in [4.69, 9.17) is 9.47 Å². The Labute approximate surface area is 261 Å². The Morgan fingerprint density at radius 3 is 2.34 bits per heavy atom. The molecule has 0 aliphatic carbocycles. The number of nitrogens with zero attached hydrogens (tertiary/aromatic N) is 2. The molecule has 4 unspecified atom stereocenters. The Bertz CT molecular complexity index is 1690. The molecule has 4 atom stereocenters. The van der Waals surface area contributed by atoms with Crippen LogP contribution in [0.2, 0.25) is 0 Å². The third-order valence-electron chi connectivity index (χ3n) is 7.61. The first-order valence-electron chi connectivity index (χ1n) is 14.0. The first-order chi connectivity index (χ1) is 21.3. The van der Waals surface area contributed by atoms with Crippen LogP contribution in [0.5, 0.6) is 0 Å². The average molecular weight is 632 g/mol. The summed E-state index contributed by atoms with van der Waals surface area (Å²) in [6.45, 7) is 4.28. The normalized spacial score (nSPS) is 21.2. The summed E-state index contributed by atoms with van der Waals surface area (Å²) in [7, 11) is 0. The number of nitrogens with one attached hydrogen (secondary N) is 1. The fourth-order valence-electron chi connectivity index (χ4n) is 5.10. The number of benzene rings is 3. The highest BCUT2D eigenvalue weighted by Gasteiger charge is 2.38. The summed E-state index contributed by atoms with van der Waals surface area (Å²) in [5.74, 6) is -1.11. The van der Waals surface area contributed by atoms with Gasteiger partial charge in [0.2, 0.25) is 0 Å². The summed E-state index contributed by atoms with van der Waals surface area (Å²) in [5, 5.41) is 21.6. The Kier molecular flexibility index (Phi) is 8.87. The number of aliphatic hydroxyl groups is 1. The quantitative estimate of drug-likeness (QED) is 0.145. The molecule has 0 radical (unpaired) electrons. The summed E-state index contributed by atoms with van der Waals surface area (Å²) in [5.41, 5.74) is 4.05. The van der Waals surface area contributed by atoms with Crippen molar-refractivity contribution in [1.82, 2.24) is 15.5 Å². The first kappa shape index (κ1) is 30.1. The highest BCUT2D eigenvalue weighted by molar-refractivity contribution is 8.01. The number of thioether (sulfide) groups is 1. The summed E-state index contributed by atoms with van der Waals surface area (Å²) in [6, 6.07) is 19.7. The van der Waals surface area contributed by atoms with Crippen molar-refractivity contribution >= 4 is 40.9 Å². The van der Waals surface area contributed by atoms with Crippen LogP contribution in [-0.4, -0.2) is 45.0 Å². The maximum atomic E-state index is 12.8. The Morgan fingerprint density at radius 1 is 0.932 bits per heavy atom. The van der Waals surface area contributed by atoms with E-state index in [9.17, 15) is 19.5 Å². The number of hydrogen-bond donors (Lipinski definition) is 2. The predicted molar refractivity (Wildman–Crippen MR) is 162 cm³/mol. The number of esters is 2. The van der Waals surface area contributed by atoms with Crippen LogP contribution >= 0.6 is 23.1 Å². The molecule has 0 saturated carbocycles. The molecule has 2 aliphatic rings. The van der Waals surface area contributed by atoms with Crippen molar-refractivity contribution in [2.45, 2.75) is 49.8 Å². The lowest BCUT2D eigenvalue weighted by atomic mass is 9.91. The number of aryl methyl sites for hydroxylation is 1. The number of rotatable bonds is 9. The van der Waals surface area contributed by atoms with E-state index in [2.05, 4.69) is 27.2 Å². The van der Waals surface area contributed by atoms with Crippen molar-refractivity contribution in [1.29, 1.82) is 0 Å². The van der Waals surface area contributed by atoms with Crippen LogP contribution in [0.4, 0.5) is 0 Å². The van der Waals surface area contributed by atoms with E-state index in [-0.39, 0.29) is 53.9 Å². The molecule has 6 rings (SSSR count). The second kappa shape index (κ2) is 13.0. The van der Waals surface area contributed by atoms with Gasteiger partial charge in [0.1, 0.15) is 5.01 Å². The third-order valence-corrected chi connectivity index (χ3v) is 9.67. The second-order valence-electron chi connectivity index (χ2n) is 10.6. The van der Waals surface area contributed by atoms with Crippen LogP contribution in [0.25, 0.3) is 0 Å². The van der Waals surface area contributed by atoms with Crippen LogP contribution in [-0.2, 0) is 27.4 Å². The Morgan fingerprint density at radius 2 is 1.64 bits per heavy atom. The van der Waals surface area contributed by atoms with E-state index in [0.717, 1.165) is 31.6 Å². The van der Waals surface area contributed by atoms with Crippen LogP contribution in [0, 0.1) is 12.8 Å². The van der Waals surface area contributed by atoms with Gasteiger partial charge in [0, 0.05) is 29.3 Å². The number of carbonyl (C=O) groups excluding carboxylic acids is 3. The summed E-state index contributed by atoms with van der Waals surface area (Å²) in [6.07, 6.45) is -0.987. The monoisotopic (exact) mass is 631 g/mol. The molecule has 4 aromatic rings. The molecule has 3 aromatic carbocycles. The molecule has 1 amide bonds. The Balaban J connectivity index is 1.14. The molecule has 2 N–H and O–H groups in total. The van der Waals surface area contributed by atoms with Crippen molar-refractivity contribution in [2.75, 3.05) is 5.75 Å². The van der Waals surface area contributed by atoms with Crippen molar-refractivity contribution in [3.05, 3.63) is 111 Å². The molecular weight excluding hydrogens is 603 g/mol. The largest absolute Gasteiger partial charge is 0.392 e. The molecule has 12 heteroatoms. The molecule has 0 spiro atoms. The van der Waals surface area contributed by atoms with E-state index in [1.54, 1.807) is 23.1 Å². The van der Waals surface area contributed by atoms with E-state index in [1.165, 1.54) is 18.2 Å². The minimum atomic E-state index is -0.752. The van der Waals surface area contributed by atoms with Crippen LogP contribution < -0.4 is 5.32 Å². The van der Waals surface area contributed by atoms with Crippen molar-refractivity contribution < 1.29 is 33.7 Å². The maximum absolute atomic E-state index is 12.8. The number of amides is 1. The van der Waals surface area contributed by atoms with Gasteiger partial charge in [-0.3, -0.25) is 4.79 Å². The molecule has 226 valence electrons. The standard InChI is InChI=1S/C32H29N3O7S2/c1-17-26(16-43-32-35-34-18(2)44-32)40-31(41-27(17)21-7-5-20(15-36)6-8-21)22-9-3-19(4-10-22)14-33-28(37)23-11-12-24-25(13-23)30(39)42-29(24)38/h3-13,17,26-27,31,36H,14-16H2,1-2H3,(H,33,37). The minimum Gasteiger partial charge on any atom is -0.392 e. The lowest BCUT2D eigenvalue weighted by molar-refractivity contribution is -0.268. The number of cyclic esters (lactones) is 2. The number of carbonyl (C=O) groups is 3. The minimum absolute atomic E-state index is 0.0244. The maximum Gasteiger partial charge on any atom is 0.346 e. The van der Waals surface area contributed by atoms with Crippen molar-refractivity contribution in [3.8, 4) is 0 Å². The van der Waals surface area contributed by atoms with E-state index >= 15 is 0 Å². The van der Waals surface area contributed by atoms with Gasteiger partial charge in [0.25, 0.3) is 5.91 Å². The number of aromatic nitrogens is 2. The van der Waals surface area contributed by atoms with E-state index < -0.39 is 18.2 Å². The molecule has 1 fully saturated rings. The third kappa shape index (κ3) is 6.44. The van der Waals surface area contributed by atoms with Gasteiger partial charge in [-0.15, -0.1) is 10.2 Å². The van der Waals surface area contributed by atoms with Gasteiger partial charge >= 0.3 is 11.9 Å². The number of aliphatic hydroxyl groups excluding tert-OH is 1. The van der Waals surface area contributed by atoms with Crippen LogP contribution in [0.3, 0.4) is 0 Å². The fourth-order valence-corrected chi connectivity index (χ4v) is 7.11. The summed E-state index contributed by atoms with van der Waals surface area (Å²) >= 11 is 3.17. The highest BCUT2D eigenvalue weighted by Crippen LogP contribution is 2.43. The van der Waals surface area contributed by atoms with Gasteiger partial charge in [0.15, 0.2) is 10.6 Å². The smallest absolute Gasteiger partial charge is 0.346 e. The molecule has 44 heavy (non-hydrogen) atoms. The average Bonchev–Trinajstić information content (AvgIpc) is 3.60. The van der Waals surface area contributed by atoms with E-state index in [0.29, 0.717) is 5.75 Å². The van der Waals surface area contributed by atoms with Gasteiger partial charge in [-0.25, -0.2) is 9.59 Å². The van der Waals surface area contributed by atoms with Gasteiger partial charge < -0.3 is 24.6 Å². The van der Waals surface area contributed by atoms with Crippen LogP contribution in [0.1, 0.15) is 77.7 Å². The molecule has 10 nitrogen and oxygen atoms in total. The fraction of sp³-hybridized carbons (Fsp3) is 0.281. The highest BCUT2D eigenvalue weighted by atomic mass is 32.2. The molecule has 1 aromatic heterocycles. The SMILES string of the molecule is Cc1nnc(SCC2OC(c3ccc(CNC(=O)c4ccc5c(c4)C(=O)OC5=O)cc3)OC(c3ccc(CO)cc3)C2C)s1. The predicted octanol–water partition coefficient (Wildman–Crippen LogP) is 5.16. The molecule has 1 saturated heterocycles. The number of hydrogen-bond acceptors (Lipinski definition) is 11. The van der Waals surface area contributed by atoms with E-state index in [1.807, 2.05) is 55.5 Å². The lowest BCUT2D eigenvalue weighted by Crippen LogP contribution is -2.38.